The molecule has 0 saturated heterocycles. The second kappa shape index (κ2) is 6.67. The van der Waals surface area contributed by atoms with Gasteiger partial charge in [-0.05, 0) is 24.1 Å². The molecule has 0 amide bonds. The van der Waals surface area contributed by atoms with E-state index < -0.39 is 15.9 Å². The summed E-state index contributed by atoms with van der Waals surface area (Å²) in [5.74, 6) is 0.791. The van der Waals surface area contributed by atoms with Gasteiger partial charge < -0.3 is 10.3 Å². The summed E-state index contributed by atoms with van der Waals surface area (Å²) in [6.45, 7) is 0. The Labute approximate surface area is 131 Å². The molecule has 1 aromatic carbocycles. The van der Waals surface area contributed by atoms with E-state index in [4.69, 9.17) is 10.3 Å². The standard InChI is InChI=1S/C13H16BrN3O3S/c1-21(18,19)6-5-11(15)13-16-12(17-20-13)8-9-3-2-4-10(14)7-9/h2-4,7,11H,5-6,8,15H2,1H3. The van der Waals surface area contributed by atoms with Gasteiger partial charge in [0.25, 0.3) is 0 Å². The Morgan fingerprint density at radius 3 is 2.86 bits per heavy atom. The molecular formula is C13H16BrN3O3S. The van der Waals surface area contributed by atoms with E-state index in [1.807, 2.05) is 24.3 Å². The van der Waals surface area contributed by atoms with Crippen LogP contribution in [0.15, 0.2) is 33.3 Å². The van der Waals surface area contributed by atoms with Gasteiger partial charge in [0, 0.05) is 17.1 Å². The zero-order valence-electron chi connectivity index (χ0n) is 11.5. The number of nitrogens with zero attached hydrogens (tertiary/aromatic N) is 2. The van der Waals surface area contributed by atoms with Crippen LogP contribution >= 0.6 is 15.9 Å². The van der Waals surface area contributed by atoms with Crippen LogP contribution < -0.4 is 5.73 Å². The van der Waals surface area contributed by atoms with Crippen LogP contribution in [0.1, 0.15) is 29.7 Å². The first-order valence-electron chi connectivity index (χ1n) is 6.34. The van der Waals surface area contributed by atoms with Crippen LogP contribution in [0.25, 0.3) is 0 Å². The third-order valence-electron chi connectivity index (χ3n) is 2.85. The van der Waals surface area contributed by atoms with Crippen molar-refractivity contribution >= 4 is 25.8 Å². The van der Waals surface area contributed by atoms with Crippen LogP contribution in [0.2, 0.25) is 0 Å². The highest BCUT2D eigenvalue weighted by Gasteiger charge is 2.17. The highest BCUT2D eigenvalue weighted by Crippen LogP contribution is 2.16. The minimum atomic E-state index is -3.05. The zero-order chi connectivity index (χ0) is 15.5. The largest absolute Gasteiger partial charge is 0.338 e. The number of hydrogen-bond acceptors (Lipinski definition) is 6. The van der Waals surface area contributed by atoms with E-state index in [-0.39, 0.29) is 18.1 Å². The summed E-state index contributed by atoms with van der Waals surface area (Å²) >= 11 is 3.40. The van der Waals surface area contributed by atoms with Gasteiger partial charge in [-0.2, -0.15) is 4.98 Å². The van der Waals surface area contributed by atoms with Crippen molar-refractivity contribution in [1.82, 2.24) is 10.1 Å². The van der Waals surface area contributed by atoms with Crippen molar-refractivity contribution in [2.75, 3.05) is 12.0 Å². The fourth-order valence-corrected chi connectivity index (χ4v) is 2.91. The Morgan fingerprint density at radius 2 is 2.19 bits per heavy atom. The Balaban J connectivity index is 2.01. The average Bonchev–Trinajstić information content (AvgIpc) is 2.83. The van der Waals surface area contributed by atoms with E-state index in [1.165, 1.54) is 6.26 Å². The molecule has 0 aliphatic rings. The van der Waals surface area contributed by atoms with Gasteiger partial charge in [0.2, 0.25) is 5.89 Å². The minimum Gasteiger partial charge on any atom is -0.338 e. The van der Waals surface area contributed by atoms with Gasteiger partial charge in [-0.1, -0.05) is 33.2 Å². The quantitative estimate of drug-likeness (QED) is 0.829. The molecule has 1 aromatic heterocycles. The van der Waals surface area contributed by atoms with Gasteiger partial charge in [-0.25, -0.2) is 8.42 Å². The molecule has 0 bridgehead atoms. The Kier molecular flexibility index (Phi) is 5.13. The van der Waals surface area contributed by atoms with E-state index in [1.54, 1.807) is 0 Å². The highest BCUT2D eigenvalue weighted by molar-refractivity contribution is 9.10. The molecule has 114 valence electrons. The van der Waals surface area contributed by atoms with E-state index in [9.17, 15) is 8.42 Å². The lowest BCUT2D eigenvalue weighted by Crippen LogP contribution is -2.16. The highest BCUT2D eigenvalue weighted by atomic mass is 79.9. The van der Waals surface area contributed by atoms with Crippen molar-refractivity contribution in [2.45, 2.75) is 18.9 Å². The van der Waals surface area contributed by atoms with Crippen molar-refractivity contribution in [2.24, 2.45) is 5.73 Å². The molecule has 8 heteroatoms. The Bertz CT molecular complexity index is 715. The van der Waals surface area contributed by atoms with Gasteiger partial charge in [-0.3, -0.25) is 0 Å². The third kappa shape index (κ3) is 5.22. The van der Waals surface area contributed by atoms with Gasteiger partial charge in [0.1, 0.15) is 9.84 Å². The zero-order valence-corrected chi connectivity index (χ0v) is 13.9. The number of sulfone groups is 1. The van der Waals surface area contributed by atoms with Crippen LogP contribution in [-0.2, 0) is 16.3 Å². The molecule has 2 N–H and O–H groups in total. The van der Waals surface area contributed by atoms with Gasteiger partial charge in [0.05, 0.1) is 11.8 Å². The van der Waals surface area contributed by atoms with Crippen molar-refractivity contribution in [3.63, 3.8) is 0 Å². The van der Waals surface area contributed by atoms with Crippen molar-refractivity contribution in [1.29, 1.82) is 0 Å². The molecule has 1 atom stereocenters. The molecule has 0 saturated carbocycles. The number of aromatic nitrogens is 2. The summed E-state index contributed by atoms with van der Waals surface area (Å²) in [7, 11) is -3.05. The SMILES string of the molecule is CS(=O)(=O)CCC(N)c1nc(Cc2cccc(Br)c2)no1. The summed E-state index contributed by atoms with van der Waals surface area (Å²) in [4.78, 5) is 4.22. The lowest BCUT2D eigenvalue weighted by molar-refractivity contribution is 0.349. The monoisotopic (exact) mass is 373 g/mol. The molecule has 1 heterocycles. The number of nitrogens with two attached hydrogens (primary N) is 1. The predicted molar refractivity (Wildman–Crippen MR) is 82.5 cm³/mol. The normalized spacial score (nSPS) is 13.3. The van der Waals surface area contributed by atoms with E-state index in [2.05, 4.69) is 26.1 Å². The van der Waals surface area contributed by atoms with Crippen LogP contribution in [0.3, 0.4) is 0 Å². The summed E-state index contributed by atoms with van der Waals surface area (Å²) in [5, 5.41) is 3.88. The van der Waals surface area contributed by atoms with Crippen LogP contribution in [-0.4, -0.2) is 30.6 Å². The number of rotatable bonds is 6. The average molecular weight is 374 g/mol. The molecule has 1 unspecified atom stereocenters. The third-order valence-corrected chi connectivity index (χ3v) is 4.32. The first kappa shape index (κ1) is 16.1. The van der Waals surface area contributed by atoms with Gasteiger partial charge in [0.15, 0.2) is 5.82 Å². The maximum absolute atomic E-state index is 11.1. The van der Waals surface area contributed by atoms with E-state index >= 15 is 0 Å². The summed E-state index contributed by atoms with van der Waals surface area (Å²) < 4.78 is 28.3. The van der Waals surface area contributed by atoms with Crippen LogP contribution in [0.4, 0.5) is 0 Å². The van der Waals surface area contributed by atoms with E-state index in [0.717, 1.165) is 10.0 Å². The topological polar surface area (TPSA) is 99.1 Å². The lowest BCUT2D eigenvalue weighted by Gasteiger charge is -2.04. The number of hydrogen-bond donors (Lipinski definition) is 1. The molecule has 0 spiro atoms. The maximum atomic E-state index is 11.1. The molecule has 6 nitrogen and oxygen atoms in total. The summed E-state index contributed by atoms with van der Waals surface area (Å²) in [6.07, 6.45) is 1.96. The first-order chi connectivity index (χ1) is 9.83. The van der Waals surface area contributed by atoms with Crippen LogP contribution in [0, 0.1) is 0 Å². The molecule has 2 aromatic rings. The fraction of sp³-hybridized carbons (Fsp3) is 0.385. The van der Waals surface area contributed by atoms with Crippen molar-refractivity contribution in [3.8, 4) is 0 Å². The predicted octanol–water partition coefficient (Wildman–Crippen LogP) is 1.86. The summed E-state index contributed by atoms with van der Waals surface area (Å²) in [6, 6.07) is 7.23. The smallest absolute Gasteiger partial charge is 0.243 e. The molecule has 0 fully saturated rings. The van der Waals surface area contributed by atoms with Crippen molar-refractivity contribution < 1.29 is 12.9 Å². The van der Waals surface area contributed by atoms with Crippen molar-refractivity contribution in [3.05, 3.63) is 46.0 Å². The van der Waals surface area contributed by atoms with Gasteiger partial charge >= 0.3 is 0 Å². The minimum absolute atomic E-state index is 0.00247. The molecular weight excluding hydrogens is 358 g/mol. The molecule has 0 aliphatic carbocycles. The van der Waals surface area contributed by atoms with Crippen LogP contribution in [0.5, 0.6) is 0 Å². The Morgan fingerprint density at radius 1 is 1.43 bits per heavy atom. The molecule has 0 radical (unpaired) electrons. The van der Waals surface area contributed by atoms with Gasteiger partial charge in [-0.15, -0.1) is 0 Å². The summed E-state index contributed by atoms with van der Waals surface area (Å²) in [5.41, 5.74) is 6.91. The Hall–Kier alpha value is -1.25. The maximum Gasteiger partial charge on any atom is 0.243 e. The number of halogens is 1. The second-order valence-electron chi connectivity index (χ2n) is 4.88. The number of benzene rings is 1. The molecule has 0 aliphatic heterocycles. The molecule has 21 heavy (non-hydrogen) atoms. The first-order valence-corrected chi connectivity index (χ1v) is 9.19. The fourth-order valence-electron chi connectivity index (χ4n) is 1.78. The molecule has 2 rings (SSSR count). The lowest BCUT2D eigenvalue weighted by atomic mass is 10.1. The second-order valence-corrected chi connectivity index (χ2v) is 8.06. The van der Waals surface area contributed by atoms with E-state index in [0.29, 0.717) is 12.2 Å².